The van der Waals surface area contributed by atoms with Gasteiger partial charge in [-0.3, -0.25) is 0 Å². The Labute approximate surface area is 110 Å². The summed E-state index contributed by atoms with van der Waals surface area (Å²) in [7, 11) is 1.24. The molecule has 1 unspecified atom stereocenters. The first-order valence-electron chi connectivity index (χ1n) is 6.48. The largest absolute Gasteiger partial charge is 0.467 e. The van der Waals surface area contributed by atoms with Crippen molar-refractivity contribution in [1.82, 2.24) is 0 Å². The van der Waals surface area contributed by atoms with Crippen LogP contribution in [0.15, 0.2) is 30.3 Å². The number of aliphatic hydroxyl groups is 1. The fraction of sp³-hybridized carbons (Fsp3) is 0.533. The first-order valence-corrected chi connectivity index (χ1v) is 6.48. The summed E-state index contributed by atoms with van der Waals surface area (Å²) in [6.07, 6.45) is 4.37. The standard InChI is InChI=1S/C9H10O3.C6H14/c1-12-9(11)8(10)7-5-3-2-4-6-7;1-3-5-6-4-2/h2-6,8,10H,1H3;3-6H2,1-2H3. The molecule has 3 nitrogen and oxygen atoms in total. The summed E-state index contributed by atoms with van der Waals surface area (Å²) in [4.78, 5) is 10.8. The van der Waals surface area contributed by atoms with Gasteiger partial charge >= 0.3 is 5.97 Å². The van der Waals surface area contributed by atoms with Crippen LogP contribution in [0.4, 0.5) is 0 Å². The molecule has 0 aliphatic rings. The molecule has 0 aromatic heterocycles. The summed E-state index contributed by atoms with van der Waals surface area (Å²) in [6, 6.07) is 8.65. The van der Waals surface area contributed by atoms with Crippen LogP contribution in [0.25, 0.3) is 0 Å². The van der Waals surface area contributed by atoms with E-state index in [0.717, 1.165) is 0 Å². The van der Waals surface area contributed by atoms with Gasteiger partial charge in [0.2, 0.25) is 0 Å². The molecule has 1 atom stereocenters. The molecule has 1 aromatic carbocycles. The molecule has 1 N–H and O–H groups in total. The van der Waals surface area contributed by atoms with Crippen LogP contribution >= 0.6 is 0 Å². The summed E-state index contributed by atoms with van der Waals surface area (Å²) in [5, 5.41) is 9.31. The fourth-order valence-corrected chi connectivity index (χ4v) is 1.38. The maximum atomic E-state index is 10.8. The molecule has 0 radical (unpaired) electrons. The van der Waals surface area contributed by atoms with E-state index in [2.05, 4.69) is 18.6 Å². The minimum atomic E-state index is -1.17. The molecular weight excluding hydrogens is 228 g/mol. The van der Waals surface area contributed by atoms with Gasteiger partial charge < -0.3 is 9.84 Å². The number of unbranched alkanes of at least 4 members (excludes halogenated alkanes) is 3. The van der Waals surface area contributed by atoms with Crippen molar-refractivity contribution < 1.29 is 14.6 Å². The highest BCUT2D eigenvalue weighted by Crippen LogP contribution is 2.12. The van der Waals surface area contributed by atoms with Crippen LogP contribution in [-0.4, -0.2) is 18.2 Å². The summed E-state index contributed by atoms with van der Waals surface area (Å²) < 4.78 is 4.38. The Kier molecular flexibility index (Phi) is 9.97. The Morgan fingerprint density at radius 1 is 1.17 bits per heavy atom. The number of esters is 1. The number of methoxy groups -OCH3 is 1. The van der Waals surface area contributed by atoms with Gasteiger partial charge in [0.05, 0.1) is 7.11 Å². The smallest absolute Gasteiger partial charge is 0.339 e. The molecule has 0 heterocycles. The second kappa shape index (κ2) is 10.8. The molecule has 0 saturated carbocycles. The number of benzene rings is 1. The lowest BCUT2D eigenvalue weighted by molar-refractivity contribution is -0.150. The Morgan fingerprint density at radius 3 is 2.06 bits per heavy atom. The van der Waals surface area contributed by atoms with Crippen molar-refractivity contribution in [2.75, 3.05) is 7.11 Å². The van der Waals surface area contributed by atoms with Crippen LogP contribution in [0.1, 0.15) is 51.2 Å². The predicted molar refractivity (Wildman–Crippen MR) is 73.2 cm³/mol. The average molecular weight is 252 g/mol. The number of carbonyl (C=O) groups is 1. The fourth-order valence-electron chi connectivity index (χ4n) is 1.38. The molecule has 0 saturated heterocycles. The number of hydrogen-bond donors (Lipinski definition) is 1. The van der Waals surface area contributed by atoms with Gasteiger partial charge in [0.25, 0.3) is 0 Å². The molecule has 0 fully saturated rings. The molecule has 18 heavy (non-hydrogen) atoms. The molecule has 3 heteroatoms. The molecule has 1 rings (SSSR count). The quantitative estimate of drug-likeness (QED) is 0.644. The minimum absolute atomic E-state index is 0.546. The van der Waals surface area contributed by atoms with Gasteiger partial charge in [-0.15, -0.1) is 0 Å². The molecule has 0 spiro atoms. The predicted octanol–water partition coefficient (Wildman–Crippen LogP) is 3.48. The van der Waals surface area contributed by atoms with E-state index in [1.54, 1.807) is 24.3 Å². The van der Waals surface area contributed by atoms with Gasteiger partial charge in [-0.2, -0.15) is 0 Å². The van der Waals surface area contributed by atoms with Crippen molar-refractivity contribution in [1.29, 1.82) is 0 Å². The number of hydrogen-bond acceptors (Lipinski definition) is 3. The topological polar surface area (TPSA) is 46.5 Å². The summed E-state index contributed by atoms with van der Waals surface area (Å²) in [5.74, 6) is -0.638. The van der Waals surface area contributed by atoms with Crippen LogP contribution < -0.4 is 0 Å². The molecule has 1 aromatic rings. The van der Waals surface area contributed by atoms with Crippen molar-refractivity contribution in [3.8, 4) is 0 Å². The number of rotatable bonds is 5. The third-order valence-corrected chi connectivity index (χ3v) is 2.50. The zero-order valence-electron chi connectivity index (χ0n) is 11.6. The van der Waals surface area contributed by atoms with Crippen LogP contribution in [0.3, 0.4) is 0 Å². The molecular formula is C15H24O3. The maximum absolute atomic E-state index is 10.8. The normalized spacial score (nSPS) is 11.1. The van der Waals surface area contributed by atoms with Gasteiger partial charge in [0.15, 0.2) is 6.10 Å². The highest BCUT2D eigenvalue weighted by molar-refractivity contribution is 5.75. The number of aliphatic hydroxyl groups excluding tert-OH is 1. The number of ether oxygens (including phenoxy) is 1. The van der Waals surface area contributed by atoms with Gasteiger partial charge in [-0.1, -0.05) is 69.9 Å². The van der Waals surface area contributed by atoms with E-state index < -0.39 is 12.1 Å². The van der Waals surface area contributed by atoms with Crippen molar-refractivity contribution in [3.63, 3.8) is 0 Å². The molecule has 0 amide bonds. The van der Waals surface area contributed by atoms with Crippen LogP contribution in [0.2, 0.25) is 0 Å². The third kappa shape index (κ3) is 7.07. The highest BCUT2D eigenvalue weighted by Gasteiger charge is 2.16. The van der Waals surface area contributed by atoms with E-state index in [1.807, 2.05) is 6.07 Å². The van der Waals surface area contributed by atoms with Crippen LogP contribution in [-0.2, 0) is 9.53 Å². The van der Waals surface area contributed by atoms with E-state index in [-0.39, 0.29) is 0 Å². The first kappa shape index (κ1) is 16.6. The minimum Gasteiger partial charge on any atom is -0.467 e. The Bertz CT molecular complexity index is 305. The van der Waals surface area contributed by atoms with Crippen LogP contribution in [0.5, 0.6) is 0 Å². The maximum Gasteiger partial charge on any atom is 0.339 e. The summed E-state index contributed by atoms with van der Waals surface area (Å²) in [6.45, 7) is 4.46. The highest BCUT2D eigenvalue weighted by atomic mass is 16.5. The van der Waals surface area contributed by atoms with Crippen molar-refractivity contribution in [3.05, 3.63) is 35.9 Å². The molecule has 0 bridgehead atoms. The zero-order chi connectivity index (χ0) is 13.8. The summed E-state index contributed by atoms with van der Waals surface area (Å²) >= 11 is 0. The van der Waals surface area contributed by atoms with Crippen molar-refractivity contribution >= 4 is 5.97 Å². The Morgan fingerprint density at radius 2 is 1.67 bits per heavy atom. The molecule has 0 aliphatic carbocycles. The second-order valence-corrected chi connectivity index (χ2v) is 4.04. The lowest BCUT2D eigenvalue weighted by Gasteiger charge is -2.07. The SMILES string of the molecule is CCCCCC.COC(=O)C(O)c1ccccc1. The van der Waals surface area contributed by atoms with Gasteiger partial charge in [0, 0.05) is 0 Å². The molecule has 102 valence electrons. The second-order valence-electron chi connectivity index (χ2n) is 4.04. The Hall–Kier alpha value is -1.35. The monoisotopic (exact) mass is 252 g/mol. The van der Waals surface area contributed by atoms with E-state index in [0.29, 0.717) is 5.56 Å². The lowest BCUT2D eigenvalue weighted by Crippen LogP contribution is -2.13. The number of carbonyl (C=O) groups excluding carboxylic acids is 1. The summed E-state index contributed by atoms with van der Waals surface area (Å²) in [5.41, 5.74) is 0.546. The Balaban J connectivity index is 0.000000411. The third-order valence-electron chi connectivity index (χ3n) is 2.50. The zero-order valence-corrected chi connectivity index (χ0v) is 11.6. The molecule has 0 aliphatic heterocycles. The van der Waals surface area contributed by atoms with Gasteiger partial charge in [-0.05, 0) is 5.56 Å². The van der Waals surface area contributed by atoms with Crippen LogP contribution in [0, 0.1) is 0 Å². The lowest BCUT2D eigenvalue weighted by atomic mass is 10.1. The van der Waals surface area contributed by atoms with E-state index >= 15 is 0 Å². The van der Waals surface area contributed by atoms with Crippen molar-refractivity contribution in [2.24, 2.45) is 0 Å². The van der Waals surface area contributed by atoms with Crippen molar-refractivity contribution in [2.45, 2.75) is 45.6 Å². The van der Waals surface area contributed by atoms with Gasteiger partial charge in [-0.25, -0.2) is 4.79 Å². The average Bonchev–Trinajstić information content (AvgIpc) is 2.45. The van der Waals surface area contributed by atoms with E-state index in [9.17, 15) is 9.90 Å². The van der Waals surface area contributed by atoms with E-state index in [4.69, 9.17) is 0 Å². The first-order chi connectivity index (χ1) is 8.67. The van der Waals surface area contributed by atoms with Gasteiger partial charge in [0.1, 0.15) is 0 Å². The van der Waals surface area contributed by atoms with E-state index in [1.165, 1.54) is 32.8 Å².